The van der Waals surface area contributed by atoms with Gasteiger partial charge in [-0.3, -0.25) is 8.97 Å². The van der Waals surface area contributed by atoms with Crippen LogP contribution in [0.3, 0.4) is 0 Å². The minimum absolute atomic E-state index is 0.919. The van der Waals surface area contributed by atoms with Crippen LogP contribution in [0.5, 0.6) is 0 Å². The number of fused-ring (bicyclic) bond motifs is 8. The van der Waals surface area contributed by atoms with Gasteiger partial charge < -0.3 is 4.57 Å². The lowest BCUT2D eigenvalue weighted by molar-refractivity contribution is 1.11. The van der Waals surface area contributed by atoms with E-state index in [2.05, 4.69) is 202 Å². The van der Waals surface area contributed by atoms with Gasteiger partial charge in [0.25, 0.3) is 0 Å². The highest BCUT2D eigenvalue weighted by atomic mass is 15.2. The summed E-state index contributed by atoms with van der Waals surface area (Å²) in [5.74, 6) is 0.919. The Balaban J connectivity index is 0.997. The monoisotopic (exact) mass is 676 g/mol. The summed E-state index contributed by atoms with van der Waals surface area (Å²) in [7, 11) is 0. The van der Waals surface area contributed by atoms with E-state index in [1.54, 1.807) is 0 Å². The molecule has 0 unspecified atom stereocenters. The van der Waals surface area contributed by atoms with Crippen molar-refractivity contribution in [1.29, 1.82) is 0 Å². The van der Waals surface area contributed by atoms with Gasteiger partial charge in [0.1, 0.15) is 0 Å². The molecule has 0 aliphatic carbocycles. The fourth-order valence-electron chi connectivity index (χ4n) is 8.13. The van der Waals surface area contributed by atoms with E-state index in [-0.39, 0.29) is 0 Å². The molecule has 4 nitrogen and oxygen atoms in total. The van der Waals surface area contributed by atoms with E-state index in [0.29, 0.717) is 0 Å². The summed E-state index contributed by atoms with van der Waals surface area (Å²) in [6.45, 7) is 0. The number of hydrogen-bond donors (Lipinski definition) is 0. The minimum Gasteiger partial charge on any atom is -0.309 e. The van der Waals surface area contributed by atoms with Crippen molar-refractivity contribution in [3.05, 3.63) is 194 Å². The predicted octanol–water partition coefficient (Wildman–Crippen LogP) is 12.5. The quantitative estimate of drug-likeness (QED) is 0.178. The number of benzene rings is 8. The van der Waals surface area contributed by atoms with Crippen molar-refractivity contribution in [2.24, 2.45) is 0 Å². The maximum Gasteiger partial charge on any atom is 0.220 e. The topological polar surface area (TPSA) is 27.2 Å². The first-order valence-corrected chi connectivity index (χ1v) is 18.1. The zero-order valence-electron chi connectivity index (χ0n) is 28.8. The Labute approximate surface area is 306 Å². The average Bonchev–Trinajstić information content (AvgIpc) is 3.88. The second-order valence-corrected chi connectivity index (χ2v) is 13.7. The normalized spacial score (nSPS) is 11.8. The number of rotatable bonds is 5. The summed E-state index contributed by atoms with van der Waals surface area (Å²) in [6, 6.07) is 69.7. The van der Waals surface area contributed by atoms with Crippen molar-refractivity contribution in [3.8, 4) is 44.8 Å². The third-order valence-electron chi connectivity index (χ3n) is 10.7. The lowest BCUT2D eigenvalue weighted by atomic mass is 10.0. The molecule has 0 saturated heterocycles. The molecule has 0 bridgehead atoms. The van der Waals surface area contributed by atoms with E-state index < -0.39 is 0 Å². The molecule has 3 aromatic heterocycles. The summed E-state index contributed by atoms with van der Waals surface area (Å²) in [5, 5.41) is 2.49. The summed E-state index contributed by atoms with van der Waals surface area (Å²) in [6.07, 6.45) is 0. The second-order valence-electron chi connectivity index (χ2n) is 13.7. The minimum atomic E-state index is 0.919. The molecule has 3 heterocycles. The number of imidazole rings is 2. The molecular formula is C49H32N4. The Bertz CT molecular complexity index is 3030. The van der Waals surface area contributed by atoms with Gasteiger partial charge in [-0.1, -0.05) is 121 Å². The van der Waals surface area contributed by atoms with Crippen LogP contribution in [0, 0.1) is 0 Å². The molecule has 0 aliphatic heterocycles. The molecule has 0 aliphatic rings. The Morgan fingerprint density at radius 3 is 1.30 bits per heavy atom. The summed E-state index contributed by atoms with van der Waals surface area (Å²) >= 11 is 0. The summed E-state index contributed by atoms with van der Waals surface area (Å²) in [5.41, 5.74) is 16.2. The van der Waals surface area contributed by atoms with Crippen molar-refractivity contribution in [2.45, 2.75) is 0 Å². The van der Waals surface area contributed by atoms with Crippen LogP contribution in [0.4, 0.5) is 0 Å². The SMILES string of the molecule is c1ccc(-c2ccc3c(c2)c2cc(-c4ccccc4)ccc2n3-c2ccc(-c3ccc(-n4c5ccccc5n5c6ccccc6nc45)cc3)cc2)cc1. The van der Waals surface area contributed by atoms with Crippen LogP contribution in [0.25, 0.3) is 94.4 Å². The molecule has 0 saturated carbocycles. The molecule has 4 heteroatoms. The highest BCUT2D eigenvalue weighted by molar-refractivity contribution is 6.11. The lowest BCUT2D eigenvalue weighted by Crippen LogP contribution is -1.95. The van der Waals surface area contributed by atoms with E-state index in [0.717, 1.165) is 39.2 Å². The van der Waals surface area contributed by atoms with Gasteiger partial charge in [0.05, 0.1) is 33.1 Å². The van der Waals surface area contributed by atoms with Crippen molar-refractivity contribution in [3.63, 3.8) is 0 Å². The molecule has 11 aromatic rings. The highest BCUT2D eigenvalue weighted by Gasteiger charge is 2.18. The highest BCUT2D eigenvalue weighted by Crippen LogP contribution is 2.38. The van der Waals surface area contributed by atoms with Gasteiger partial charge in [0, 0.05) is 22.1 Å². The van der Waals surface area contributed by atoms with Crippen LogP contribution in [0.1, 0.15) is 0 Å². The standard InChI is InChI=1S/C49H32N4/c1-3-11-33(12-4-1)37-23-29-44-41(31-37)42-32-38(34-13-5-2-6-14-34)24-30-45(42)51(44)39-25-19-35(20-26-39)36-21-27-40(28-22-36)52-47-17-9-10-18-48(47)53-46-16-8-7-15-43(46)50-49(52)53/h1-32H. The van der Waals surface area contributed by atoms with Gasteiger partial charge >= 0.3 is 0 Å². The Morgan fingerprint density at radius 1 is 0.302 bits per heavy atom. The maximum absolute atomic E-state index is 5.05. The van der Waals surface area contributed by atoms with Gasteiger partial charge in [0.2, 0.25) is 5.78 Å². The molecule has 248 valence electrons. The van der Waals surface area contributed by atoms with E-state index in [4.69, 9.17) is 4.98 Å². The molecular weight excluding hydrogens is 645 g/mol. The van der Waals surface area contributed by atoms with Crippen LogP contribution in [-0.4, -0.2) is 18.5 Å². The fraction of sp³-hybridized carbons (Fsp3) is 0. The lowest BCUT2D eigenvalue weighted by Gasteiger charge is -2.11. The van der Waals surface area contributed by atoms with Gasteiger partial charge in [-0.05, 0) is 106 Å². The maximum atomic E-state index is 5.05. The van der Waals surface area contributed by atoms with Gasteiger partial charge in [-0.2, -0.15) is 0 Å². The fourth-order valence-corrected chi connectivity index (χ4v) is 8.13. The molecule has 0 amide bonds. The van der Waals surface area contributed by atoms with E-state index in [1.165, 1.54) is 55.2 Å². The van der Waals surface area contributed by atoms with E-state index in [1.807, 2.05) is 6.07 Å². The van der Waals surface area contributed by atoms with Crippen molar-refractivity contribution in [2.75, 3.05) is 0 Å². The zero-order chi connectivity index (χ0) is 34.9. The summed E-state index contributed by atoms with van der Waals surface area (Å²) in [4.78, 5) is 5.05. The average molecular weight is 677 g/mol. The molecule has 0 spiro atoms. The molecule has 0 radical (unpaired) electrons. The van der Waals surface area contributed by atoms with Gasteiger partial charge in [0.15, 0.2) is 0 Å². The Morgan fingerprint density at radius 2 is 0.736 bits per heavy atom. The molecule has 0 atom stereocenters. The Hall–Kier alpha value is -7.17. The molecule has 8 aromatic carbocycles. The number of hydrogen-bond acceptors (Lipinski definition) is 1. The second kappa shape index (κ2) is 11.7. The van der Waals surface area contributed by atoms with Gasteiger partial charge in [-0.15, -0.1) is 0 Å². The molecule has 0 fully saturated rings. The molecule has 11 rings (SSSR count). The van der Waals surface area contributed by atoms with Crippen molar-refractivity contribution in [1.82, 2.24) is 18.5 Å². The third-order valence-corrected chi connectivity index (χ3v) is 10.7. The first-order chi connectivity index (χ1) is 26.3. The Kier molecular flexibility index (Phi) is 6.52. The first kappa shape index (κ1) is 29.5. The van der Waals surface area contributed by atoms with E-state index in [9.17, 15) is 0 Å². The number of para-hydroxylation sites is 4. The summed E-state index contributed by atoms with van der Waals surface area (Å²) < 4.78 is 6.92. The molecule has 0 N–H and O–H groups in total. The molecule has 53 heavy (non-hydrogen) atoms. The van der Waals surface area contributed by atoms with Crippen LogP contribution < -0.4 is 0 Å². The van der Waals surface area contributed by atoms with E-state index >= 15 is 0 Å². The largest absolute Gasteiger partial charge is 0.309 e. The van der Waals surface area contributed by atoms with Crippen LogP contribution >= 0.6 is 0 Å². The van der Waals surface area contributed by atoms with Crippen LogP contribution in [-0.2, 0) is 0 Å². The number of nitrogens with zero attached hydrogens (tertiary/aromatic N) is 4. The zero-order valence-corrected chi connectivity index (χ0v) is 28.8. The smallest absolute Gasteiger partial charge is 0.220 e. The number of aromatic nitrogens is 4. The third kappa shape index (κ3) is 4.66. The van der Waals surface area contributed by atoms with Crippen LogP contribution in [0.15, 0.2) is 194 Å². The van der Waals surface area contributed by atoms with Crippen molar-refractivity contribution >= 4 is 49.7 Å². The first-order valence-electron chi connectivity index (χ1n) is 18.1. The van der Waals surface area contributed by atoms with Crippen LogP contribution in [0.2, 0.25) is 0 Å². The van der Waals surface area contributed by atoms with Gasteiger partial charge in [-0.25, -0.2) is 4.98 Å². The van der Waals surface area contributed by atoms with Crippen molar-refractivity contribution < 1.29 is 0 Å². The predicted molar refractivity (Wildman–Crippen MR) is 220 cm³/mol.